The van der Waals surface area contributed by atoms with Gasteiger partial charge in [-0.1, -0.05) is 18.2 Å². The summed E-state index contributed by atoms with van der Waals surface area (Å²) in [7, 11) is 1.64. The maximum absolute atomic E-state index is 8.88. The molecule has 0 heterocycles. The highest BCUT2D eigenvalue weighted by Gasteiger charge is 2.04. The van der Waals surface area contributed by atoms with Crippen molar-refractivity contribution in [2.45, 2.75) is 6.54 Å². The molecule has 0 aliphatic carbocycles. The van der Waals surface area contributed by atoms with E-state index in [1.165, 1.54) is 0 Å². The summed E-state index contributed by atoms with van der Waals surface area (Å²) in [5.74, 6) is 0.824. The summed E-state index contributed by atoms with van der Waals surface area (Å²) in [5, 5.41) is 12.1. The van der Waals surface area contributed by atoms with Crippen molar-refractivity contribution in [1.29, 1.82) is 5.26 Å². The Hall–Kier alpha value is -2.67. The zero-order valence-electron chi connectivity index (χ0n) is 10.7. The largest absolute Gasteiger partial charge is 0.496 e. The van der Waals surface area contributed by atoms with Gasteiger partial charge in [0.2, 0.25) is 0 Å². The van der Waals surface area contributed by atoms with Crippen LogP contribution in [0.5, 0.6) is 5.75 Å². The Labute approximate surface area is 112 Å². The van der Waals surface area contributed by atoms with Crippen molar-refractivity contribution < 1.29 is 4.74 Å². The first kappa shape index (κ1) is 12.8. The fourth-order valence-corrected chi connectivity index (χ4v) is 1.82. The van der Waals surface area contributed by atoms with Crippen LogP contribution in [0.4, 0.5) is 11.4 Å². The molecule has 0 atom stereocenters. The van der Waals surface area contributed by atoms with Crippen molar-refractivity contribution in [3.8, 4) is 11.8 Å². The minimum atomic E-state index is 0.580. The molecule has 0 saturated carbocycles. The number of benzene rings is 2. The second-order valence-electron chi connectivity index (χ2n) is 4.08. The van der Waals surface area contributed by atoms with Gasteiger partial charge < -0.3 is 15.8 Å². The third-order valence-corrected chi connectivity index (χ3v) is 2.84. The van der Waals surface area contributed by atoms with Crippen molar-refractivity contribution in [2.24, 2.45) is 0 Å². The predicted molar refractivity (Wildman–Crippen MR) is 75.9 cm³/mol. The van der Waals surface area contributed by atoms with Crippen LogP contribution < -0.4 is 15.8 Å². The Morgan fingerprint density at radius 3 is 2.79 bits per heavy atom. The summed E-state index contributed by atoms with van der Waals surface area (Å²) >= 11 is 0. The smallest absolute Gasteiger partial charge is 0.123 e. The Bertz CT molecular complexity index is 617. The molecule has 0 unspecified atom stereocenters. The lowest BCUT2D eigenvalue weighted by atomic mass is 10.1. The number of hydrogen-bond donors (Lipinski definition) is 2. The van der Waals surface area contributed by atoms with Gasteiger partial charge >= 0.3 is 0 Å². The maximum Gasteiger partial charge on any atom is 0.123 e. The van der Waals surface area contributed by atoms with E-state index in [4.69, 9.17) is 15.7 Å². The predicted octanol–water partition coefficient (Wildman–Crippen LogP) is 2.76. The lowest BCUT2D eigenvalue weighted by Crippen LogP contribution is -2.04. The van der Waals surface area contributed by atoms with Gasteiger partial charge in [-0.25, -0.2) is 0 Å². The average molecular weight is 253 g/mol. The van der Waals surface area contributed by atoms with Crippen LogP contribution in [0.1, 0.15) is 11.1 Å². The van der Waals surface area contributed by atoms with Crippen molar-refractivity contribution in [2.75, 3.05) is 18.2 Å². The molecule has 0 fully saturated rings. The summed E-state index contributed by atoms with van der Waals surface area (Å²) in [6, 6.07) is 15.0. The number of methoxy groups -OCH3 is 1. The molecule has 3 N–H and O–H groups in total. The van der Waals surface area contributed by atoms with E-state index in [0.717, 1.165) is 17.0 Å². The minimum Gasteiger partial charge on any atom is -0.496 e. The Balaban J connectivity index is 2.17. The maximum atomic E-state index is 8.88. The highest BCUT2D eigenvalue weighted by Crippen LogP contribution is 2.23. The molecule has 19 heavy (non-hydrogen) atoms. The van der Waals surface area contributed by atoms with Gasteiger partial charge in [-0.05, 0) is 24.3 Å². The van der Waals surface area contributed by atoms with Gasteiger partial charge in [-0.2, -0.15) is 5.26 Å². The first-order chi connectivity index (χ1) is 9.24. The molecule has 0 radical (unpaired) electrons. The van der Waals surface area contributed by atoms with Crippen LogP contribution in [0.2, 0.25) is 0 Å². The second kappa shape index (κ2) is 5.78. The van der Waals surface area contributed by atoms with Crippen LogP contribution in [-0.2, 0) is 6.54 Å². The van der Waals surface area contributed by atoms with E-state index in [2.05, 4.69) is 11.4 Å². The minimum absolute atomic E-state index is 0.580. The molecular weight excluding hydrogens is 238 g/mol. The quantitative estimate of drug-likeness (QED) is 0.822. The fraction of sp³-hybridized carbons (Fsp3) is 0.133. The van der Waals surface area contributed by atoms with Crippen LogP contribution in [0.25, 0.3) is 0 Å². The number of nitrogens with two attached hydrogens (primary N) is 1. The number of nitrogens with zero attached hydrogens (tertiary/aromatic N) is 1. The summed E-state index contributed by atoms with van der Waals surface area (Å²) in [5.41, 5.74) is 8.86. The SMILES string of the molecule is COc1ccccc1CNc1cc(C#N)ccc1N. The first-order valence-corrected chi connectivity index (χ1v) is 5.90. The normalized spacial score (nSPS) is 9.68. The van der Waals surface area contributed by atoms with Gasteiger partial charge in [0, 0.05) is 12.1 Å². The molecule has 0 spiro atoms. The lowest BCUT2D eigenvalue weighted by Gasteiger charge is -2.12. The summed E-state index contributed by atoms with van der Waals surface area (Å²) < 4.78 is 5.29. The number of nitriles is 1. The molecule has 4 nitrogen and oxygen atoms in total. The first-order valence-electron chi connectivity index (χ1n) is 5.90. The van der Waals surface area contributed by atoms with E-state index >= 15 is 0 Å². The molecule has 0 amide bonds. The third kappa shape index (κ3) is 2.96. The summed E-state index contributed by atoms with van der Waals surface area (Å²) in [4.78, 5) is 0. The third-order valence-electron chi connectivity index (χ3n) is 2.84. The van der Waals surface area contributed by atoms with Gasteiger partial charge in [0.05, 0.1) is 30.1 Å². The van der Waals surface area contributed by atoms with Crippen LogP contribution in [0, 0.1) is 11.3 Å². The molecule has 96 valence electrons. The molecule has 0 aromatic heterocycles. The van der Waals surface area contributed by atoms with Crippen molar-refractivity contribution in [3.63, 3.8) is 0 Å². The Morgan fingerprint density at radius 2 is 2.05 bits per heavy atom. The van der Waals surface area contributed by atoms with Gasteiger partial charge in [-0.3, -0.25) is 0 Å². The van der Waals surface area contributed by atoms with Crippen molar-refractivity contribution in [1.82, 2.24) is 0 Å². The van der Waals surface area contributed by atoms with Crippen LogP contribution in [-0.4, -0.2) is 7.11 Å². The van der Waals surface area contributed by atoms with Crippen LogP contribution in [0.3, 0.4) is 0 Å². The fourth-order valence-electron chi connectivity index (χ4n) is 1.82. The van der Waals surface area contributed by atoms with E-state index in [1.807, 2.05) is 24.3 Å². The number of para-hydroxylation sites is 1. The van der Waals surface area contributed by atoms with E-state index in [-0.39, 0.29) is 0 Å². The molecule has 0 bridgehead atoms. The molecule has 2 rings (SSSR count). The molecule has 2 aromatic rings. The number of anilines is 2. The highest BCUT2D eigenvalue weighted by molar-refractivity contribution is 5.68. The van der Waals surface area contributed by atoms with E-state index in [1.54, 1.807) is 25.3 Å². The van der Waals surface area contributed by atoms with Crippen molar-refractivity contribution >= 4 is 11.4 Å². The van der Waals surface area contributed by atoms with Gasteiger partial charge in [0.25, 0.3) is 0 Å². The van der Waals surface area contributed by atoms with Gasteiger partial charge in [0.1, 0.15) is 5.75 Å². The average Bonchev–Trinajstić information content (AvgIpc) is 2.46. The zero-order valence-corrected chi connectivity index (χ0v) is 10.7. The lowest BCUT2D eigenvalue weighted by molar-refractivity contribution is 0.410. The molecule has 4 heteroatoms. The standard InChI is InChI=1S/C15H15N3O/c1-19-15-5-3-2-4-12(15)10-18-14-8-11(9-16)6-7-13(14)17/h2-8,18H,10,17H2,1H3. The van der Waals surface area contributed by atoms with Crippen LogP contribution in [0.15, 0.2) is 42.5 Å². The number of nitrogens with one attached hydrogen (secondary N) is 1. The van der Waals surface area contributed by atoms with Gasteiger partial charge in [0.15, 0.2) is 0 Å². The van der Waals surface area contributed by atoms with E-state index < -0.39 is 0 Å². The molecule has 0 saturated heterocycles. The number of nitrogen functional groups attached to an aromatic ring is 1. The topological polar surface area (TPSA) is 71.1 Å². The Morgan fingerprint density at radius 1 is 1.26 bits per heavy atom. The summed E-state index contributed by atoms with van der Waals surface area (Å²) in [6.07, 6.45) is 0. The zero-order chi connectivity index (χ0) is 13.7. The monoisotopic (exact) mass is 253 g/mol. The van der Waals surface area contributed by atoms with Crippen molar-refractivity contribution in [3.05, 3.63) is 53.6 Å². The Kier molecular flexibility index (Phi) is 3.89. The van der Waals surface area contributed by atoms with Crippen LogP contribution >= 0.6 is 0 Å². The van der Waals surface area contributed by atoms with E-state index in [0.29, 0.717) is 17.8 Å². The van der Waals surface area contributed by atoms with Gasteiger partial charge in [-0.15, -0.1) is 0 Å². The number of hydrogen-bond acceptors (Lipinski definition) is 4. The van der Waals surface area contributed by atoms with E-state index in [9.17, 15) is 0 Å². The molecule has 0 aliphatic heterocycles. The molecule has 2 aromatic carbocycles. The number of rotatable bonds is 4. The number of ether oxygens (including phenoxy) is 1. The molecular formula is C15H15N3O. The second-order valence-corrected chi connectivity index (χ2v) is 4.08. The molecule has 0 aliphatic rings. The summed E-state index contributed by atoms with van der Waals surface area (Å²) in [6.45, 7) is 0.586. The highest BCUT2D eigenvalue weighted by atomic mass is 16.5.